The normalized spacial score (nSPS) is 11.8. The summed E-state index contributed by atoms with van der Waals surface area (Å²) in [5, 5.41) is 9.86. The van der Waals surface area contributed by atoms with Gasteiger partial charge >= 0.3 is 0 Å². The van der Waals surface area contributed by atoms with E-state index in [1.54, 1.807) is 18.7 Å². The minimum absolute atomic E-state index is 0.403. The maximum absolute atomic E-state index is 9.86. The lowest BCUT2D eigenvalue weighted by Gasteiger charge is -2.13. The van der Waals surface area contributed by atoms with Crippen molar-refractivity contribution in [2.24, 2.45) is 0 Å². The van der Waals surface area contributed by atoms with Crippen LogP contribution in [0.2, 0.25) is 0 Å². The maximum atomic E-state index is 9.86. The zero-order valence-electron chi connectivity index (χ0n) is 13.8. The van der Waals surface area contributed by atoms with Crippen molar-refractivity contribution in [1.29, 1.82) is 0 Å². The Morgan fingerprint density at radius 3 is 2.77 bits per heavy atom. The number of nitrogens with one attached hydrogen (secondary N) is 1. The lowest BCUT2D eigenvalue weighted by molar-refractivity contribution is 0.0267. The van der Waals surface area contributed by atoms with Crippen LogP contribution >= 0.6 is 0 Å². The van der Waals surface area contributed by atoms with E-state index in [2.05, 4.69) is 28.8 Å². The van der Waals surface area contributed by atoms with Gasteiger partial charge in [0.15, 0.2) is 0 Å². The molecule has 124 valence electrons. The molecule has 0 fully saturated rings. The van der Waals surface area contributed by atoms with Crippen molar-refractivity contribution in [3.63, 3.8) is 0 Å². The predicted octanol–water partition coefficient (Wildman–Crippen LogP) is 2.34. The minimum Gasteiger partial charge on any atom is -0.389 e. The van der Waals surface area contributed by atoms with Gasteiger partial charge in [0.25, 0.3) is 0 Å². The van der Waals surface area contributed by atoms with Crippen LogP contribution in [0.4, 0.5) is 0 Å². The number of aromatic nitrogens is 4. The molecule has 0 radical (unpaired) electrons. The van der Waals surface area contributed by atoms with Crippen molar-refractivity contribution in [3.8, 4) is 0 Å². The summed E-state index contributed by atoms with van der Waals surface area (Å²) in [5.74, 6) is 1.02. The average Bonchev–Trinajstić information content (AvgIpc) is 3.17. The minimum atomic E-state index is -0.453. The lowest BCUT2D eigenvalue weighted by Crippen LogP contribution is -2.23. The molecule has 0 spiro atoms. The number of unbranched alkanes of at least 4 members (excludes halogenated alkanes) is 1. The Balaban J connectivity index is 0.000000406. The summed E-state index contributed by atoms with van der Waals surface area (Å²) in [6.07, 6.45) is 9.67. The Hall–Kier alpha value is -1.66. The number of rotatable bonds is 8. The second-order valence-corrected chi connectivity index (χ2v) is 5.15. The quantitative estimate of drug-likeness (QED) is 0.734. The molecule has 0 aliphatic carbocycles. The summed E-state index contributed by atoms with van der Waals surface area (Å²) in [6.45, 7) is 7.87. The lowest BCUT2D eigenvalue weighted by atomic mass is 10.3. The van der Waals surface area contributed by atoms with Crippen LogP contribution in [0, 0.1) is 6.92 Å². The highest BCUT2D eigenvalue weighted by Gasteiger charge is 2.09. The summed E-state index contributed by atoms with van der Waals surface area (Å²) >= 11 is 0. The Labute approximate surface area is 132 Å². The third kappa shape index (κ3) is 7.38. The van der Waals surface area contributed by atoms with Gasteiger partial charge in [0.05, 0.1) is 31.3 Å². The molecular weight excluding hydrogens is 280 g/mol. The molecule has 6 nitrogen and oxygen atoms in total. The smallest absolute Gasteiger partial charge is 0.108 e. The Kier molecular flexibility index (Phi) is 9.18. The molecule has 2 N–H and O–H groups in total. The zero-order chi connectivity index (χ0) is 16.2. The zero-order valence-corrected chi connectivity index (χ0v) is 13.8. The standard InChI is InChI=1S/C13H24N2O2.C3H4N2/c1-4-6-7-17-10-12(16)9-15-8-11(3)14-13(15)5-2;1-2-5-3-4-1/h8,12,16H,4-7,9-10H2,1-3H3;1-3H,(H,4,5). The molecule has 2 rings (SSSR count). The Bertz CT molecular complexity index is 465. The first-order valence-corrected chi connectivity index (χ1v) is 7.88. The highest BCUT2D eigenvalue weighted by Crippen LogP contribution is 2.05. The highest BCUT2D eigenvalue weighted by molar-refractivity contribution is 5.02. The van der Waals surface area contributed by atoms with Crippen LogP contribution in [0.15, 0.2) is 24.9 Å². The van der Waals surface area contributed by atoms with E-state index in [1.165, 1.54) is 0 Å². The third-order valence-electron chi connectivity index (χ3n) is 3.06. The molecule has 0 bridgehead atoms. The number of ether oxygens (including phenoxy) is 1. The van der Waals surface area contributed by atoms with Crippen LogP contribution in [0.1, 0.15) is 38.2 Å². The van der Waals surface area contributed by atoms with Gasteiger partial charge in [-0.1, -0.05) is 20.3 Å². The molecule has 1 atom stereocenters. The first kappa shape index (κ1) is 18.4. The van der Waals surface area contributed by atoms with Crippen molar-refractivity contribution in [1.82, 2.24) is 19.5 Å². The molecule has 6 heteroatoms. The van der Waals surface area contributed by atoms with Gasteiger partial charge < -0.3 is 19.4 Å². The molecule has 2 aromatic rings. The van der Waals surface area contributed by atoms with E-state index in [-0.39, 0.29) is 0 Å². The van der Waals surface area contributed by atoms with Gasteiger partial charge in [0.1, 0.15) is 5.82 Å². The number of H-pyrrole nitrogens is 1. The molecule has 2 heterocycles. The van der Waals surface area contributed by atoms with Crippen molar-refractivity contribution in [2.45, 2.75) is 52.7 Å². The van der Waals surface area contributed by atoms with Crippen LogP contribution in [0.3, 0.4) is 0 Å². The van der Waals surface area contributed by atoms with E-state index in [4.69, 9.17) is 4.74 Å². The number of aliphatic hydroxyl groups is 1. The number of hydrogen-bond acceptors (Lipinski definition) is 4. The van der Waals surface area contributed by atoms with Gasteiger partial charge in [0.2, 0.25) is 0 Å². The van der Waals surface area contributed by atoms with E-state index in [1.807, 2.05) is 17.7 Å². The summed E-state index contributed by atoms with van der Waals surface area (Å²) in [6, 6.07) is 0. The van der Waals surface area contributed by atoms with Crippen LogP contribution in [0.25, 0.3) is 0 Å². The molecule has 0 amide bonds. The molecule has 0 aromatic carbocycles. The SMILES string of the molecule is CCCCOCC(O)Cn1cc(C)nc1CC.c1c[nH]cn1. The van der Waals surface area contributed by atoms with E-state index < -0.39 is 6.10 Å². The summed E-state index contributed by atoms with van der Waals surface area (Å²) in [7, 11) is 0. The molecule has 0 saturated carbocycles. The van der Waals surface area contributed by atoms with Crippen molar-refractivity contribution < 1.29 is 9.84 Å². The van der Waals surface area contributed by atoms with Crippen LogP contribution in [0.5, 0.6) is 0 Å². The maximum Gasteiger partial charge on any atom is 0.108 e. The predicted molar refractivity (Wildman–Crippen MR) is 86.7 cm³/mol. The van der Waals surface area contributed by atoms with Crippen LogP contribution in [-0.4, -0.2) is 43.9 Å². The summed E-state index contributed by atoms with van der Waals surface area (Å²) in [4.78, 5) is 10.8. The molecule has 22 heavy (non-hydrogen) atoms. The van der Waals surface area contributed by atoms with Crippen molar-refractivity contribution in [2.75, 3.05) is 13.2 Å². The fourth-order valence-electron chi connectivity index (χ4n) is 2.00. The van der Waals surface area contributed by atoms with Crippen LogP contribution in [-0.2, 0) is 17.7 Å². The van der Waals surface area contributed by atoms with Gasteiger partial charge in [-0.05, 0) is 13.3 Å². The monoisotopic (exact) mass is 308 g/mol. The van der Waals surface area contributed by atoms with E-state index >= 15 is 0 Å². The topological polar surface area (TPSA) is 76.0 Å². The number of aromatic amines is 1. The number of aliphatic hydroxyl groups excluding tert-OH is 1. The third-order valence-corrected chi connectivity index (χ3v) is 3.06. The molecule has 1 unspecified atom stereocenters. The van der Waals surface area contributed by atoms with Gasteiger partial charge in [-0.2, -0.15) is 0 Å². The molecular formula is C16H28N4O2. The molecule has 0 aliphatic heterocycles. The van der Waals surface area contributed by atoms with Gasteiger partial charge in [-0.3, -0.25) is 0 Å². The van der Waals surface area contributed by atoms with E-state index in [0.717, 1.165) is 37.4 Å². The van der Waals surface area contributed by atoms with E-state index in [9.17, 15) is 5.11 Å². The number of aryl methyl sites for hydroxylation is 2. The van der Waals surface area contributed by atoms with Gasteiger partial charge in [0, 0.05) is 31.6 Å². The average molecular weight is 308 g/mol. The second kappa shape index (κ2) is 11.0. The summed E-state index contributed by atoms with van der Waals surface area (Å²) in [5.41, 5.74) is 1.00. The molecule has 2 aromatic heterocycles. The van der Waals surface area contributed by atoms with Crippen LogP contribution < -0.4 is 0 Å². The summed E-state index contributed by atoms with van der Waals surface area (Å²) < 4.78 is 7.42. The second-order valence-electron chi connectivity index (χ2n) is 5.15. The molecule has 0 saturated heterocycles. The first-order valence-electron chi connectivity index (χ1n) is 7.88. The largest absolute Gasteiger partial charge is 0.389 e. The number of hydrogen-bond donors (Lipinski definition) is 2. The Morgan fingerprint density at radius 1 is 1.41 bits per heavy atom. The highest BCUT2D eigenvalue weighted by atomic mass is 16.5. The number of nitrogens with zero attached hydrogens (tertiary/aromatic N) is 3. The van der Waals surface area contributed by atoms with E-state index in [0.29, 0.717) is 13.2 Å². The fourth-order valence-corrected chi connectivity index (χ4v) is 2.00. The van der Waals surface area contributed by atoms with Crippen molar-refractivity contribution >= 4 is 0 Å². The Morgan fingerprint density at radius 2 is 2.23 bits per heavy atom. The first-order chi connectivity index (χ1) is 10.7. The van der Waals surface area contributed by atoms with Gasteiger partial charge in [-0.15, -0.1) is 0 Å². The van der Waals surface area contributed by atoms with Crippen molar-refractivity contribution in [3.05, 3.63) is 36.4 Å². The number of imidazole rings is 2. The molecule has 0 aliphatic rings. The van der Waals surface area contributed by atoms with Gasteiger partial charge in [-0.25, -0.2) is 9.97 Å². The fraction of sp³-hybridized carbons (Fsp3) is 0.625.